The summed E-state index contributed by atoms with van der Waals surface area (Å²) in [6.07, 6.45) is 0.725. The Morgan fingerprint density at radius 1 is 1.22 bits per heavy atom. The minimum atomic E-state index is -0.321. The van der Waals surface area contributed by atoms with Gasteiger partial charge in [0.15, 0.2) is 0 Å². The van der Waals surface area contributed by atoms with E-state index in [1.54, 1.807) is 24.3 Å². The van der Waals surface area contributed by atoms with E-state index in [4.69, 9.17) is 16.3 Å². The molecule has 23 heavy (non-hydrogen) atoms. The van der Waals surface area contributed by atoms with E-state index in [2.05, 4.69) is 5.32 Å². The lowest BCUT2D eigenvalue weighted by Gasteiger charge is -2.38. The van der Waals surface area contributed by atoms with Gasteiger partial charge in [0.1, 0.15) is 11.4 Å². The second kappa shape index (κ2) is 5.89. The zero-order valence-electron chi connectivity index (χ0n) is 13.5. The summed E-state index contributed by atoms with van der Waals surface area (Å²) >= 11 is 5.88. The van der Waals surface area contributed by atoms with Crippen molar-refractivity contribution < 1.29 is 9.53 Å². The molecule has 0 aliphatic carbocycles. The maximum absolute atomic E-state index is 12.5. The molecule has 0 bridgehead atoms. The van der Waals surface area contributed by atoms with Gasteiger partial charge >= 0.3 is 0 Å². The molecule has 1 amide bonds. The monoisotopic (exact) mass is 329 g/mol. The van der Waals surface area contributed by atoms with E-state index in [0.717, 1.165) is 23.3 Å². The molecule has 0 fully saturated rings. The highest BCUT2D eigenvalue weighted by Crippen LogP contribution is 2.40. The van der Waals surface area contributed by atoms with Crippen LogP contribution in [-0.4, -0.2) is 11.5 Å². The van der Waals surface area contributed by atoms with Crippen molar-refractivity contribution in [2.75, 3.05) is 0 Å². The van der Waals surface area contributed by atoms with Crippen molar-refractivity contribution in [3.63, 3.8) is 0 Å². The van der Waals surface area contributed by atoms with Crippen LogP contribution in [-0.2, 0) is 0 Å². The number of rotatable bonds is 2. The van der Waals surface area contributed by atoms with E-state index in [9.17, 15) is 4.79 Å². The summed E-state index contributed by atoms with van der Waals surface area (Å²) in [5, 5.41) is 3.74. The van der Waals surface area contributed by atoms with E-state index in [1.807, 2.05) is 39.0 Å². The number of fused-ring (bicyclic) bond motifs is 1. The van der Waals surface area contributed by atoms with E-state index >= 15 is 0 Å². The molecule has 2 aromatic carbocycles. The fraction of sp³-hybridized carbons (Fsp3) is 0.316. The van der Waals surface area contributed by atoms with Crippen LogP contribution in [0.2, 0.25) is 5.02 Å². The third-order valence-corrected chi connectivity index (χ3v) is 4.29. The van der Waals surface area contributed by atoms with Crippen LogP contribution in [0.4, 0.5) is 0 Å². The Kier molecular flexibility index (Phi) is 4.07. The number of hydrogen-bond donors (Lipinski definition) is 1. The van der Waals surface area contributed by atoms with Crippen molar-refractivity contribution in [2.45, 2.75) is 38.8 Å². The molecule has 3 nitrogen and oxygen atoms in total. The first-order valence-electron chi connectivity index (χ1n) is 7.70. The number of carbonyl (C=O) groups excluding carboxylic acids is 1. The van der Waals surface area contributed by atoms with Gasteiger partial charge in [-0.05, 0) is 56.7 Å². The molecular weight excluding hydrogens is 310 g/mol. The smallest absolute Gasteiger partial charge is 0.251 e. The Labute approximate surface area is 141 Å². The van der Waals surface area contributed by atoms with Gasteiger partial charge in [-0.3, -0.25) is 4.79 Å². The van der Waals surface area contributed by atoms with Gasteiger partial charge in [0.05, 0.1) is 6.04 Å². The Morgan fingerprint density at radius 3 is 2.61 bits per heavy atom. The van der Waals surface area contributed by atoms with Gasteiger partial charge in [-0.25, -0.2) is 0 Å². The molecule has 4 heteroatoms. The molecule has 1 atom stereocenters. The first-order valence-corrected chi connectivity index (χ1v) is 8.08. The van der Waals surface area contributed by atoms with Crippen LogP contribution >= 0.6 is 11.6 Å². The molecule has 120 valence electrons. The quantitative estimate of drug-likeness (QED) is 0.868. The summed E-state index contributed by atoms with van der Waals surface area (Å²) in [6.45, 7) is 6.12. The first-order chi connectivity index (χ1) is 10.8. The molecule has 0 saturated heterocycles. The summed E-state index contributed by atoms with van der Waals surface area (Å²) in [4.78, 5) is 12.5. The first kappa shape index (κ1) is 15.9. The Morgan fingerprint density at radius 2 is 1.91 bits per heavy atom. The zero-order chi connectivity index (χ0) is 16.6. The van der Waals surface area contributed by atoms with Gasteiger partial charge in [-0.2, -0.15) is 0 Å². The highest BCUT2D eigenvalue weighted by atomic mass is 35.5. The van der Waals surface area contributed by atoms with Crippen molar-refractivity contribution in [3.8, 4) is 5.75 Å². The van der Waals surface area contributed by atoms with Crippen LogP contribution < -0.4 is 10.1 Å². The lowest BCUT2D eigenvalue weighted by Crippen LogP contribution is -2.41. The SMILES string of the molecule is Cc1ccc2c(c1)OC(C)(C)C[C@@H]2NC(=O)c1ccc(Cl)cc1. The molecule has 1 N–H and O–H groups in total. The van der Waals surface area contributed by atoms with Crippen molar-refractivity contribution in [1.82, 2.24) is 5.32 Å². The van der Waals surface area contributed by atoms with Gasteiger partial charge in [-0.15, -0.1) is 0 Å². The Hall–Kier alpha value is -2.00. The Balaban J connectivity index is 1.87. The maximum Gasteiger partial charge on any atom is 0.251 e. The van der Waals surface area contributed by atoms with Crippen LogP contribution in [0.5, 0.6) is 5.75 Å². The predicted molar refractivity (Wildman–Crippen MR) is 92.2 cm³/mol. The van der Waals surface area contributed by atoms with E-state index < -0.39 is 0 Å². The van der Waals surface area contributed by atoms with Gasteiger partial charge < -0.3 is 10.1 Å². The van der Waals surface area contributed by atoms with Gasteiger partial charge in [0.25, 0.3) is 5.91 Å². The lowest BCUT2D eigenvalue weighted by molar-refractivity contribution is 0.0619. The van der Waals surface area contributed by atoms with E-state index in [0.29, 0.717) is 10.6 Å². The van der Waals surface area contributed by atoms with Crippen LogP contribution in [0.25, 0.3) is 0 Å². The number of hydrogen-bond acceptors (Lipinski definition) is 2. The number of amides is 1. The molecule has 0 aromatic heterocycles. The number of aryl methyl sites for hydroxylation is 1. The largest absolute Gasteiger partial charge is 0.487 e. The fourth-order valence-electron chi connectivity index (χ4n) is 2.93. The topological polar surface area (TPSA) is 38.3 Å². The lowest BCUT2D eigenvalue weighted by atomic mass is 9.89. The summed E-state index contributed by atoms with van der Waals surface area (Å²) < 4.78 is 6.06. The number of ether oxygens (including phenoxy) is 1. The molecule has 1 heterocycles. The molecule has 0 spiro atoms. The average Bonchev–Trinajstić information content (AvgIpc) is 2.46. The fourth-order valence-corrected chi connectivity index (χ4v) is 3.06. The molecule has 1 aliphatic heterocycles. The third kappa shape index (κ3) is 3.50. The summed E-state index contributed by atoms with van der Waals surface area (Å²) in [6, 6.07) is 12.9. The molecule has 3 rings (SSSR count). The number of halogens is 1. The standard InChI is InChI=1S/C19H20ClNO2/c1-12-4-9-15-16(11-19(2,3)23-17(15)10-12)21-18(22)13-5-7-14(20)8-6-13/h4-10,16H,11H2,1-3H3,(H,21,22)/t16-/m0/s1. The minimum absolute atomic E-state index is 0.0717. The summed E-state index contributed by atoms with van der Waals surface area (Å²) in [5.41, 5.74) is 2.45. The average molecular weight is 330 g/mol. The third-order valence-electron chi connectivity index (χ3n) is 4.04. The molecule has 0 saturated carbocycles. The van der Waals surface area contributed by atoms with Crippen LogP contribution in [0.3, 0.4) is 0 Å². The highest BCUT2D eigenvalue weighted by Gasteiger charge is 2.34. The number of carbonyl (C=O) groups is 1. The molecule has 1 aliphatic rings. The van der Waals surface area contributed by atoms with Crippen molar-refractivity contribution in [2.24, 2.45) is 0 Å². The maximum atomic E-state index is 12.5. The van der Waals surface area contributed by atoms with Crippen LogP contribution in [0, 0.1) is 6.92 Å². The number of nitrogens with one attached hydrogen (secondary N) is 1. The number of benzene rings is 2. The predicted octanol–water partition coefficient (Wildman–Crippen LogP) is 4.68. The van der Waals surface area contributed by atoms with E-state index in [1.165, 1.54) is 0 Å². The van der Waals surface area contributed by atoms with Crippen LogP contribution in [0.1, 0.15) is 47.8 Å². The Bertz CT molecular complexity index is 738. The molecule has 0 unspecified atom stereocenters. The van der Waals surface area contributed by atoms with Crippen molar-refractivity contribution in [1.29, 1.82) is 0 Å². The van der Waals surface area contributed by atoms with Gasteiger partial charge in [-0.1, -0.05) is 23.7 Å². The zero-order valence-corrected chi connectivity index (χ0v) is 14.3. The summed E-state index contributed by atoms with van der Waals surface area (Å²) in [5.74, 6) is 0.749. The van der Waals surface area contributed by atoms with Gasteiger partial charge in [0, 0.05) is 22.6 Å². The highest BCUT2D eigenvalue weighted by molar-refractivity contribution is 6.30. The van der Waals surface area contributed by atoms with Crippen molar-refractivity contribution >= 4 is 17.5 Å². The second-order valence-corrected chi connectivity index (χ2v) is 7.08. The second-order valence-electron chi connectivity index (χ2n) is 6.64. The molecule has 0 radical (unpaired) electrons. The normalized spacial score (nSPS) is 18.7. The van der Waals surface area contributed by atoms with Crippen LogP contribution in [0.15, 0.2) is 42.5 Å². The van der Waals surface area contributed by atoms with Crippen molar-refractivity contribution in [3.05, 3.63) is 64.2 Å². The summed E-state index contributed by atoms with van der Waals surface area (Å²) in [7, 11) is 0. The van der Waals surface area contributed by atoms with E-state index in [-0.39, 0.29) is 17.6 Å². The molecular formula is C19H20ClNO2. The molecule has 2 aromatic rings. The minimum Gasteiger partial charge on any atom is -0.487 e. The van der Waals surface area contributed by atoms with Gasteiger partial charge in [0.2, 0.25) is 0 Å².